The Kier molecular flexibility index (Phi) is 3.79. The number of hydrogen-bond donors (Lipinski definition) is 0. The number of hydrogen-bond acceptors (Lipinski definition) is 4. The van der Waals surface area contributed by atoms with Crippen LogP contribution in [0.3, 0.4) is 0 Å². The molecule has 1 saturated carbocycles. The first kappa shape index (κ1) is 14.5. The zero-order chi connectivity index (χ0) is 15.7. The van der Waals surface area contributed by atoms with Crippen molar-refractivity contribution < 1.29 is 19.1 Å². The monoisotopic (exact) mass is 299 g/mol. The molecule has 2 atom stereocenters. The number of nitrogens with zero attached hydrogens (tertiary/aromatic N) is 1. The van der Waals surface area contributed by atoms with Crippen LogP contribution in [-0.2, 0) is 25.7 Å². The number of benzene rings is 1. The van der Waals surface area contributed by atoms with Crippen molar-refractivity contribution in [3.63, 3.8) is 0 Å². The molecule has 1 aromatic carbocycles. The molecule has 2 aromatic rings. The van der Waals surface area contributed by atoms with Crippen molar-refractivity contribution in [2.24, 2.45) is 11.8 Å². The molecule has 0 N–H and O–H groups in total. The van der Waals surface area contributed by atoms with Gasteiger partial charge in [0.25, 0.3) is 0 Å². The fourth-order valence-electron chi connectivity index (χ4n) is 2.72. The zero-order valence-electron chi connectivity index (χ0n) is 12.3. The van der Waals surface area contributed by atoms with Gasteiger partial charge in [-0.15, -0.1) is 0 Å². The molecular formula is C17H17NO4. The van der Waals surface area contributed by atoms with Gasteiger partial charge in [0.15, 0.2) is 0 Å². The molecule has 1 aliphatic rings. The van der Waals surface area contributed by atoms with Crippen LogP contribution in [0.4, 0.5) is 0 Å². The highest BCUT2D eigenvalue weighted by molar-refractivity contribution is 5.98. The van der Waals surface area contributed by atoms with Crippen LogP contribution in [0.5, 0.6) is 0 Å². The minimum absolute atomic E-state index is 0.188. The van der Waals surface area contributed by atoms with Crippen LogP contribution >= 0.6 is 0 Å². The molecule has 0 radical (unpaired) electrons. The summed E-state index contributed by atoms with van der Waals surface area (Å²) < 4.78 is 6.83. The van der Waals surface area contributed by atoms with E-state index in [-0.39, 0.29) is 24.0 Å². The number of carbonyl (C=O) groups is 3. The van der Waals surface area contributed by atoms with E-state index in [1.165, 1.54) is 12.3 Å². The lowest BCUT2D eigenvalue weighted by atomic mass is 10.2. The molecule has 5 nitrogen and oxygen atoms in total. The second-order valence-corrected chi connectivity index (χ2v) is 5.80. The normalized spacial score (nSPS) is 19.9. The summed E-state index contributed by atoms with van der Waals surface area (Å²) in [6, 6.07) is 10.1. The minimum Gasteiger partial charge on any atom is -0.393 e. The Morgan fingerprint density at radius 1 is 1.23 bits per heavy atom. The van der Waals surface area contributed by atoms with Crippen LogP contribution in [-0.4, -0.2) is 22.3 Å². The fraction of sp³-hybridized carbons (Fsp3) is 0.353. The van der Waals surface area contributed by atoms with Gasteiger partial charge in [-0.05, 0) is 36.8 Å². The Bertz CT molecular complexity index is 746. The Labute approximate surface area is 127 Å². The topological polar surface area (TPSA) is 65.4 Å². The Balaban J connectivity index is 1.57. The van der Waals surface area contributed by atoms with Crippen LogP contribution < -0.4 is 0 Å². The third-order valence-electron chi connectivity index (χ3n) is 3.94. The molecule has 114 valence electrons. The summed E-state index contributed by atoms with van der Waals surface area (Å²) in [5, 5.41) is 1.17. The first-order valence-electron chi connectivity index (χ1n) is 7.32. The quantitative estimate of drug-likeness (QED) is 0.628. The number of rotatable bonds is 5. The first-order valence-corrected chi connectivity index (χ1v) is 7.32. The molecule has 0 saturated heterocycles. The smallest absolute Gasteiger partial charge is 0.320 e. The average molecular weight is 299 g/mol. The van der Waals surface area contributed by atoms with Crippen molar-refractivity contribution in [1.29, 1.82) is 0 Å². The minimum atomic E-state index is -0.755. The molecule has 0 aliphatic heterocycles. The van der Waals surface area contributed by atoms with Gasteiger partial charge in [-0.2, -0.15) is 0 Å². The van der Waals surface area contributed by atoms with Crippen LogP contribution in [0, 0.1) is 11.8 Å². The molecule has 0 spiro atoms. The summed E-state index contributed by atoms with van der Waals surface area (Å²) in [6.07, 6.45) is 2.39. The second-order valence-electron chi connectivity index (χ2n) is 5.80. The van der Waals surface area contributed by atoms with Gasteiger partial charge >= 0.3 is 11.9 Å². The van der Waals surface area contributed by atoms with Crippen molar-refractivity contribution in [2.75, 3.05) is 0 Å². The standard InChI is InChI=1S/C17H17NO4/c1-11(19)8-16(20)22-17(21)14-9-13(14)10-18-7-6-12-4-2-3-5-15(12)18/h2-7,13-14H,8-10H2,1H3. The van der Waals surface area contributed by atoms with Gasteiger partial charge in [-0.3, -0.25) is 14.4 Å². The van der Waals surface area contributed by atoms with Gasteiger partial charge < -0.3 is 9.30 Å². The lowest BCUT2D eigenvalue weighted by molar-refractivity contribution is -0.161. The molecule has 1 aliphatic carbocycles. The number of ketones is 1. The van der Waals surface area contributed by atoms with E-state index in [4.69, 9.17) is 4.74 Å². The van der Waals surface area contributed by atoms with E-state index >= 15 is 0 Å². The van der Waals surface area contributed by atoms with E-state index in [9.17, 15) is 14.4 Å². The molecule has 5 heteroatoms. The van der Waals surface area contributed by atoms with Gasteiger partial charge in [0.05, 0.1) is 5.92 Å². The summed E-state index contributed by atoms with van der Waals surface area (Å²) in [5.41, 5.74) is 1.13. The van der Waals surface area contributed by atoms with Gasteiger partial charge in [-0.1, -0.05) is 18.2 Å². The highest BCUT2D eigenvalue weighted by Crippen LogP contribution is 2.41. The average Bonchev–Trinajstić information content (AvgIpc) is 3.11. The van der Waals surface area contributed by atoms with E-state index in [0.29, 0.717) is 0 Å². The van der Waals surface area contributed by atoms with Gasteiger partial charge in [0.2, 0.25) is 0 Å². The number of ether oxygens (including phenoxy) is 1. The van der Waals surface area contributed by atoms with Crippen molar-refractivity contribution >= 4 is 28.6 Å². The number of carbonyl (C=O) groups excluding carboxylic acids is 3. The van der Waals surface area contributed by atoms with Gasteiger partial charge in [0, 0.05) is 18.3 Å². The highest BCUT2D eigenvalue weighted by Gasteiger charge is 2.45. The first-order chi connectivity index (χ1) is 10.5. The molecule has 1 aromatic heterocycles. The van der Waals surface area contributed by atoms with E-state index in [2.05, 4.69) is 4.57 Å². The molecule has 22 heavy (non-hydrogen) atoms. The zero-order valence-corrected chi connectivity index (χ0v) is 12.3. The summed E-state index contributed by atoms with van der Waals surface area (Å²) >= 11 is 0. The number of fused-ring (bicyclic) bond motifs is 1. The van der Waals surface area contributed by atoms with Gasteiger partial charge in [-0.25, -0.2) is 0 Å². The van der Waals surface area contributed by atoms with Crippen molar-refractivity contribution in [3.05, 3.63) is 36.5 Å². The van der Waals surface area contributed by atoms with Crippen LogP contribution in [0.2, 0.25) is 0 Å². The predicted octanol–water partition coefficient (Wildman–Crippen LogP) is 2.33. The second kappa shape index (κ2) is 5.75. The SMILES string of the molecule is CC(=O)CC(=O)OC(=O)C1CC1Cn1ccc2ccccc21. The molecule has 3 rings (SSSR count). The molecule has 1 heterocycles. The Morgan fingerprint density at radius 2 is 2.00 bits per heavy atom. The van der Waals surface area contributed by atoms with Crippen molar-refractivity contribution in [3.8, 4) is 0 Å². The van der Waals surface area contributed by atoms with E-state index < -0.39 is 11.9 Å². The maximum Gasteiger partial charge on any atom is 0.320 e. The molecule has 0 bridgehead atoms. The maximum absolute atomic E-state index is 11.8. The van der Waals surface area contributed by atoms with Crippen LogP contribution in [0.1, 0.15) is 19.8 Å². The number of aromatic nitrogens is 1. The van der Waals surface area contributed by atoms with Crippen molar-refractivity contribution in [1.82, 2.24) is 4.57 Å². The maximum atomic E-state index is 11.8. The van der Waals surface area contributed by atoms with Crippen LogP contribution in [0.15, 0.2) is 36.5 Å². The molecule has 0 amide bonds. The van der Waals surface area contributed by atoms with Crippen molar-refractivity contribution in [2.45, 2.75) is 26.3 Å². The third kappa shape index (κ3) is 3.08. The molecular weight excluding hydrogens is 282 g/mol. The van der Waals surface area contributed by atoms with Gasteiger partial charge in [0.1, 0.15) is 12.2 Å². The summed E-state index contributed by atoms with van der Waals surface area (Å²) in [4.78, 5) is 34.0. The summed E-state index contributed by atoms with van der Waals surface area (Å²) in [6.45, 7) is 2.02. The molecule has 1 fully saturated rings. The van der Waals surface area contributed by atoms with E-state index in [1.54, 1.807) is 0 Å². The molecule has 2 unspecified atom stereocenters. The third-order valence-corrected chi connectivity index (χ3v) is 3.94. The highest BCUT2D eigenvalue weighted by atomic mass is 16.6. The summed E-state index contributed by atoms with van der Waals surface area (Å²) in [5.74, 6) is -1.61. The number of esters is 2. The van der Waals surface area contributed by atoms with E-state index in [1.807, 2.05) is 36.5 Å². The number of Topliss-reactive ketones (excluding diaryl/α,β-unsaturated/α-hetero) is 1. The summed E-state index contributed by atoms with van der Waals surface area (Å²) in [7, 11) is 0. The predicted molar refractivity (Wildman–Crippen MR) is 79.9 cm³/mol. The number of para-hydroxylation sites is 1. The lowest BCUT2D eigenvalue weighted by Gasteiger charge is -2.05. The largest absolute Gasteiger partial charge is 0.393 e. The Morgan fingerprint density at radius 3 is 2.77 bits per heavy atom. The van der Waals surface area contributed by atoms with E-state index in [0.717, 1.165) is 18.5 Å². The Hall–Kier alpha value is -2.43. The van der Waals surface area contributed by atoms with Crippen LogP contribution in [0.25, 0.3) is 10.9 Å². The lowest BCUT2D eigenvalue weighted by Crippen LogP contribution is -2.17. The fourth-order valence-corrected chi connectivity index (χ4v) is 2.72.